The molecule has 0 aliphatic rings. The van der Waals surface area contributed by atoms with Crippen LogP contribution in [0.5, 0.6) is 0 Å². The monoisotopic (exact) mass is 306 g/mol. The molecule has 8 nitrogen and oxygen atoms in total. The number of hydrogen-bond acceptors (Lipinski definition) is 6. The van der Waals surface area contributed by atoms with Crippen LogP contribution in [0.3, 0.4) is 0 Å². The number of nitrogens with zero attached hydrogens (tertiary/aromatic N) is 4. The van der Waals surface area contributed by atoms with Crippen molar-refractivity contribution in [2.24, 2.45) is 0 Å². The predicted octanol–water partition coefficient (Wildman–Crippen LogP) is 1.20. The maximum absolute atomic E-state index is 11.6. The number of carbonyl (C=O) groups excluding carboxylic acids is 1. The summed E-state index contributed by atoms with van der Waals surface area (Å²) in [6, 6.07) is 3.46. The van der Waals surface area contributed by atoms with E-state index < -0.39 is 0 Å². The van der Waals surface area contributed by atoms with E-state index in [0.717, 1.165) is 6.42 Å². The molecule has 2 N–H and O–H groups in total. The number of carbonyl (C=O) groups is 1. The van der Waals surface area contributed by atoms with Gasteiger partial charge in [0.05, 0.1) is 12.8 Å². The summed E-state index contributed by atoms with van der Waals surface area (Å²) in [5.74, 6) is 0.432. The normalized spacial score (nSPS) is 10.7. The highest BCUT2D eigenvalue weighted by molar-refractivity contribution is 7.80. The number of tetrazole rings is 1. The van der Waals surface area contributed by atoms with E-state index in [1.54, 1.807) is 12.1 Å². The van der Waals surface area contributed by atoms with Gasteiger partial charge >= 0.3 is 0 Å². The van der Waals surface area contributed by atoms with Gasteiger partial charge < -0.3 is 4.42 Å². The maximum atomic E-state index is 11.6. The van der Waals surface area contributed by atoms with Crippen molar-refractivity contribution in [2.45, 2.75) is 19.9 Å². The van der Waals surface area contributed by atoms with E-state index in [4.69, 9.17) is 16.6 Å². The Labute approximate surface area is 126 Å². The summed E-state index contributed by atoms with van der Waals surface area (Å²) in [4.78, 5) is 13.1. The molecular formula is C12H14N6O2S. The molecule has 0 spiro atoms. The van der Waals surface area contributed by atoms with E-state index in [0.29, 0.717) is 12.3 Å². The van der Waals surface area contributed by atoms with Crippen LogP contribution in [0.2, 0.25) is 0 Å². The van der Waals surface area contributed by atoms with Gasteiger partial charge in [-0.05, 0) is 42.1 Å². The Morgan fingerprint density at radius 1 is 1.57 bits per heavy atom. The van der Waals surface area contributed by atoms with Crippen molar-refractivity contribution < 1.29 is 9.21 Å². The van der Waals surface area contributed by atoms with Gasteiger partial charge in [-0.3, -0.25) is 15.4 Å². The van der Waals surface area contributed by atoms with Crippen molar-refractivity contribution >= 4 is 35.3 Å². The summed E-state index contributed by atoms with van der Waals surface area (Å²) in [5.41, 5.74) is 0. The van der Waals surface area contributed by atoms with Gasteiger partial charge in [0.2, 0.25) is 5.91 Å². The molecule has 0 radical (unpaired) electrons. The molecule has 0 aromatic carbocycles. The molecule has 2 heterocycles. The summed E-state index contributed by atoms with van der Waals surface area (Å²) < 4.78 is 5.06. The van der Waals surface area contributed by atoms with E-state index >= 15 is 0 Å². The Morgan fingerprint density at radius 3 is 3.14 bits per heavy atom. The number of anilines is 1. The highest BCUT2D eigenvalue weighted by Crippen LogP contribution is 2.01. The molecule has 0 saturated heterocycles. The van der Waals surface area contributed by atoms with Gasteiger partial charge in [-0.1, -0.05) is 12.0 Å². The van der Waals surface area contributed by atoms with E-state index in [2.05, 4.69) is 26.0 Å². The van der Waals surface area contributed by atoms with Crippen LogP contribution in [0, 0.1) is 0 Å². The first-order valence-corrected chi connectivity index (χ1v) is 6.69. The second kappa shape index (κ2) is 7.29. The average Bonchev–Trinajstić information content (AvgIpc) is 3.08. The van der Waals surface area contributed by atoms with Gasteiger partial charge in [-0.2, -0.15) is 4.80 Å². The van der Waals surface area contributed by atoms with Gasteiger partial charge in [-0.15, -0.1) is 5.10 Å². The topological polar surface area (TPSA) is 97.9 Å². The number of aryl methyl sites for hydroxylation is 1. The Hall–Kier alpha value is -2.55. The molecule has 0 aliphatic carbocycles. The fourth-order valence-electron chi connectivity index (χ4n) is 1.42. The van der Waals surface area contributed by atoms with Crippen molar-refractivity contribution in [3.8, 4) is 0 Å². The van der Waals surface area contributed by atoms with Gasteiger partial charge in [-0.25, -0.2) is 0 Å². The largest absolute Gasteiger partial charge is 0.465 e. The lowest BCUT2D eigenvalue weighted by molar-refractivity contribution is -0.115. The minimum atomic E-state index is -0.384. The van der Waals surface area contributed by atoms with Crippen LogP contribution in [0.25, 0.3) is 6.08 Å². The summed E-state index contributed by atoms with van der Waals surface area (Å²) in [7, 11) is 0. The number of furan rings is 1. The number of rotatable bonds is 5. The lowest BCUT2D eigenvalue weighted by atomic mass is 10.4. The summed E-state index contributed by atoms with van der Waals surface area (Å²) in [6.45, 7) is 2.67. The quantitative estimate of drug-likeness (QED) is 0.632. The zero-order valence-electron chi connectivity index (χ0n) is 11.3. The summed E-state index contributed by atoms with van der Waals surface area (Å²) in [6.07, 6.45) is 5.27. The number of thiocarbonyl (C=S) groups is 1. The number of aromatic nitrogens is 4. The van der Waals surface area contributed by atoms with E-state index in [1.165, 1.54) is 23.2 Å². The molecule has 21 heavy (non-hydrogen) atoms. The Balaban J connectivity index is 1.81. The molecule has 2 rings (SSSR count). The van der Waals surface area contributed by atoms with Crippen LogP contribution in [0.15, 0.2) is 28.9 Å². The Bertz CT molecular complexity index is 634. The van der Waals surface area contributed by atoms with Gasteiger partial charge in [0.1, 0.15) is 5.76 Å². The molecule has 2 aromatic rings. The van der Waals surface area contributed by atoms with Crippen molar-refractivity contribution in [1.29, 1.82) is 0 Å². The minimum absolute atomic E-state index is 0.0974. The van der Waals surface area contributed by atoms with E-state index in [1.807, 2.05) is 6.92 Å². The molecule has 0 saturated carbocycles. The number of amides is 1. The molecule has 0 aliphatic heterocycles. The lowest BCUT2D eigenvalue weighted by Gasteiger charge is -2.03. The van der Waals surface area contributed by atoms with Crippen LogP contribution in [0.1, 0.15) is 19.1 Å². The Morgan fingerprint density at radius 2 is 2.43 bits per heavy atom. The highest BCUT2D eigenvalue weighted by atomic mass is 32.1. The molecule has 9 heteroatoms. The van der Waals surface area contributed by atoms with Crippen molar-refractivity contribution in [2.75, 3.05) is 5.32 Å². The van der Waals surface area contributed by atoms with Crippen molar-refractivity contribution in [1.82, 2.24) is 25.5 Å². The minimum Gasteiger partial charge on any atom is -0.465 e. The fourth-order valence-corrected chi connectivity index (χ4v) is 1.61. The van der Waals surface area contributed by atoms with Crippen LogP contribution in [-0.2, 0) is 11.3 Å². The Kier molecular flexibility index (Phi) is 5.16. The van der Waals surface area contributed by atoms with E-state index in [-0.39, 0.29) is 17.0 Å². The summed E-state index contributed by atoms with van der Waals surface area (Å²) in [5, 5.41) is 16.9. The van der Waals surface area contributed by atoms with Crippen LogP contribution in [0.4, 0.5) is 5.95 Å². The molecule has 1 amide bonds. The second-order valence-corrected chi connectivity index (χ2v) is 4.41. The third-order valence-electron chi connectivity index (χ3n) is 2.28. The molecule has 0 atom stereocenters. The van der Waals surface area contributed by atoms with Crippen LogP contribution < -0.4 is 10.6 Å². The lowest BCUT2D eigenvalue weighted by Crippen LogP contribution is -2.33. The molecule has 0 bridgehead atoms. The molecule has 110 valence electrons. The average molecular weight is 306 g/mol. The summed E-state index contributed by atoms with van der Waals surface area (Å²) >= 11 is 4.98. The third kappa shape index (κ3) is 4.80. The van der Waals surface area contributed by atoms with Gasteiger partial charge in [0, 0.05) is 6.08 Å². The van der Waals surface area contributed by atoms with Crippen LogP contribution >= 0.6 is 12.2 Å². The smallest absolute Gasteiger partial charge is 0.269 e. The first kappa shape index (κ1) is 14.9. The maximum Gasteiger partial charge on any atom is 0.269 e. The van der Waals surface area contributed by atoms with Gasteiger partial charge in [0.15, 0.2) is 5.11 Å². The molecule has 2 aromatic heterocycles. The highest BCUT2D eigenvalue weighted by Gasteiger charge is 2.06. The SMILES string of the molecule is CCCn1nnc(NC(=S)NC(=O)/C=C/c2ccco2)n1. The zero-order valence-corrected chi connectivity index (χ0v) is 12.1. The number of nitrogens with one attached hydrogen (secondary N) is 2. The van der Waals surface area contributed by atoms with Crippen LogP contribution in [-0.4, -0.2) is 31.2 Å². The fraction of sp³-hybridized carbons (Fsp3) is 0.250. The third-order valence-corrected chi connectivity index (χ3v) is 2.48. The molecule has 0 unspecified atom stereocenters. The van der Waals surface area contributed by atoms with E-state index in [9.17, 15) is 4.79 Å². The van der Waals surface area contributed by atoms with Gasteiger partial charge in [0.25, 0.3) is 5.95 Å². The first-order chi connectivity index (χ1) is 10.2. The molecule has 0 fully saturated rings. The first-order valence-electron chi connectivity index (χ1n) is 6.28. The second-order valence-electron chi connectivity index (χ2n) is 4.00. The van der Waals surface area contributed by atoms with Crippen molar-refractivity contribution in [3.05, 3.63) is 30.2 Å². The van der Waals surface area contributed by atoms with Crippen molar-refractivity contribution in [3.63, 3.8) is 0 Å². The number of hydrogen-bond donors (Lipinski definition) is 2. The predicted molar refractivity (Wildman–Crippen MR) is 80.2 cm³/mol. The molecular weight excluding hydrogens is 292 g/mol. The zero-order chi connectivity index (χ0) is 15.1. The standard InChI is InChI=1S/C12H14N6O2S/c1-2-7-18-16-11(15-17-18)14-12(21)13-10(19)6-5-9-4-3-8-20-9/h3-6,8H,2,7H2,1H3,(H2,13,14,16,19,21)/b6-5+.